The molecule has 0 radical (unpaired) electrons. The van der Waals surface area contributed by atoms with E-state index in [1.165, 1.54) is 14.2 Å². The Morgan fingerprint density at radius 1 is 1.08 bits per heavy atom. The summed E-state index contributed by atoms with van der Waals surface area (Å²) in [5, 5.41) is 3.95. The normalized spacial score (nSPS) is 10.7. The number of nitrogens with one attached hydrogen (secondary N) is 1. The van der Waals surface area contributed by atoms with Crippen LogP contribution in [0.4, 0.5) is 0 Å². The van der Waals surface area contributed by atoms with Crippen molar-refractivity contribution in [1.82, 2.24) is 9.88 Å². The fourth-order valence-electron chi connectivity index (χ4n) is 2.78. The van der Waals surface area contributed by atoms with Crippen LogP contribution in [-0.2, 0) is 6.54 Å². The number of nitrogens with zero attached hydrogens (tertiary/aromatic N) is 1. The van der Waals surface area contributed by atoms with Gasteiger partial charge in [-0.05, 0) is 25.0 Å². The SMILES string of the molecule is CCCCNC(=O)c1cn(CCC)c(=O)c2cc(OC)c(OC)cc12. The molecule has 136 valence electrons. The van der Waals surface area contributed by atoms with Crippen molar-refractivity contribution in [1.29, 1.82) is 0 Å². The van der Waals surface area contributed by atoms with Gasteiger partial charge in [0.2, 0.25) is 0 Å². The van der Waals surface area contributed by atoms with Gasteiger partial charge in [0.15, 0.2) is 11.5 Å². The lowest BCUT2D eigenvalue weighted by molar-refractivity contribution is 0.0954. The molecular weight excluding hydrogens is 320 g/mol. The number of pyridine rings is 1. The van der Waals surface area contributed by atoms with Crippen LogP contribution in [0.25, 0.3) is 10.8 Å². The monoisotopic (exact) mass is 346 g/mol. The standard InChI is InChI=1S/C19H26N2O4/c1-5-7-8-20-18(22)15-12-21(9-6-2)19(23)14-11-17(25-4)16(24-3)10-13(14)15/h10-12H,5-9H2,1-4H3,(H,20,22). The van der Waals surface area contributed by atoms with Gasteiger partial charge >= 0.3 is 0 Å². The molecule has 0 fully saturated rings. The van der Waals surface area contributed by atoms with E-state index < -0.39 is 0 Å². The lowest BCUT2D eigenvalue weighted by atomic mass is 10.1. The van der Waals surface area contributed by atoms with E-state index in [0.29, 0.717) is 40.9 Å². The van der Waals surface area contributed by atoms with Crippen LogP contribution in [-0.4, -0.2) is 31.2 Å². The lowest BCUT2D eigenvalue weighted by Crippen LogP contribution is -2.28. The molecule has 0 bridgehead atoms. The molecule has 25 heavy (non-hydrogen) atoms. The molecule has 6 heteroatoms. The predicted molar refractivity (Wildman–Crippen MR) is 98.8 cm³/mol. The fourth-order valence-corrected chi connectivity index (χ4v) is 2.78. The minimum atomic E-state index is -0.185. The second-order valence-electron chi connectivity index (χ2n) is 5.90. The summed E-state index contributed by atoms with van der Waals surface area (Å²) < 4.78 is 12.2. The highest BCUT2D eigenvalue weighted by atomic mass is 16.5. The van der Waals surface area contributed by atoms with E-state index in [4.69, 9.17) is 9.47 Å². The maximum Gasteiger partial charge on any atom is 0.258 e. The summed E-state index contributed by atoms with van der Waals surface area (Å²) in [6, 6.07) is 3.34. The zero-order chi connectivity index (χ0) is 18.4. The number of carbonyl (C=O) groups excluding carboxylic acids is 1. The highest BCUT2D eigenvalue weighted by molar-refractivity contribution is 6.07. The molecule has 0 aliphatic carbocycles. The van der Waals surface area contributed by atoms with Gasteiger partial charge in [0.25, 0.3) is 11.5 Å². The number of hydrogen-bond acceptors (Lipinski definition) is 4. The number of rotatable bonds is 8. The van der Waals surface area contributed by atoms with Crippen molar-refractivity contribution in [2.45, 2.75) is 39.7 Å². The number of ether oxygens (including phenoxy) is 2. The van der Waals surface area contributed by atoms with Crippen molar-refractivity contribution in [3.05, 3.63) is 34.2 Å². The number of unbranched alkanes of at least 4 members (excludes halogenated alkanes) is 1. The number of methoxy groups -OCH3 is 2. The zero-order valence-electron chi connectivity index (χ0n) is 15.3. The number of amides is 1. The molecule has 0 saturated heterocycles. The van der Waals surface area contributed by atoms with Gasteiger partial charge in [0.1, 0.15) is 0 Å². The van der Waals surface area contributed by atoms with Gasteiger partial charge in [-0.15, -0.1) is 0 Å². The number of aromatic nitrogens is 1. The second kappa shape index (κ2) is 8.55. The van der Waals surface area contributed by atoms with Crippen molar-refractivity contribution in [3.63, 3.8) is 0 Å². The van der Waals surface area contributed by atoms with E-state index in [1.807, 2.05) is 6.92 Å². The number of hydrogen-bond donors (Lipinski definition) is 1. The number of carbonyl (C=O) groups is 1. The maximum atomic E-state index is 12.8. The van der Waals surface area contributed by atoms with Crippen molar-refractivity contribution in [2.75, 3.05) is 20.8 Å². The molecule has 0 unspecified atom stereocenters. The minimum Gasteiger partial charge on any atom is -0.493 e. The van der Waals surface area contributed by atoms with Gasteiger partial charge in [0, 0.05) is 24.7 Å². The topological polar surface area (TPSA) is 69.6 Å². The summed E-state index contributed by atoms with van der Waals surface area (Å²) >= 11 is 0. The summed E-state index contributed by atoms with van der Waals surface area (Å²) in [6.07, 6.45) is 4.35. The van der Waals surface area contributed by atoms with Crippen LogP contribution >= 0.6 is 0 Å². The largest absolute Gasteiger partial charge is 0.493 e. The first-order valence-electron chi connectivity index (χ1n) is 8.64. The average Bonchev–Trinajstić information content (AvgIpc) is 2.63. The number of fused-ring (bicyclic) bond motifs is 1. The Labute approximate surface area is 147 Å². The van der Waals surface area contributed by atoms with Gasteiger partial charge in [-0.3, -0.25) is 9.59 Å². The van der Waals surface area contributed by atoms with Crippen LogP contribution in [0.15, 0.2) is 23.1 Å². The molecule has 1 aromatic heterocycles. The Hall–Kier alpha value is -2.50. The van der Waals surface area contributed by atoms with Crippen molar-refractivity contribution < 1.29 is 14.3 Å². The fraction of sp³-hybridized carbons (Fsp3) is 0.474. The molecule has 0 aliphatic rings. The van der Waals surface area contributed by atoms with Crippen LogP contribution < -0.4 is 20.3 Å². The van der Waals surface area contributed by atoms with Crippen molar-refractivity contribution in [3.8, 4) is 11.5 Å². The predicted octanol–water partition coefficient (Wildman–Crippen LogP) is 2.96. The summed E-state index contributed by atoms with van der Waals surface area (Å²) in [6.45, 7) is 5.22. The van der Waals surface area contributed by atoms with Crippen LogP contribution in [0.2, 0.25) is 0 Å². The lowest BCUT2D eigenvalue weighted by Gasteiger charge is -2.14. The first-order chi connectivity index (χ1) is 12.1. The van der Waals surface area contributed by atoms with Crippen LogP contribution in [0.3, 0.4) is 0 Å². The molecule has 1 amide bonds. The summed E-state index contributed by atoms with van der Waals surface area (Å²) in [5.74, 6) is 0.777. The molecule has 0 atom stereocenters. The number of benzene rings is 1. The zero-order valence-corrected chi connectivity index (χ0v) is 15.3. The van der Waals surface area contributed by atoms with Crippen LogP contribution in [0.1, 0.15) is 43.5 Å². The Morgan fingerprint density at radius 3 is 2.28 bits per heavy atom. The summed E-state index contributed by atoms with van der Waals surface area (Å²) in [7, 11) is 3.05. The molecular formula is C19H26N2O4. The van der Waals surface area contributed by atoms with Gasteiger partial charge in [-0.2, -0.15) is 0 Å². The van der Waals surface area contributed by atoms with Gasteiger partial charge in [-0.1, -0.05) is 20.3 Å². The van der Waals surface area contributed by atoms with E-state index >= 15 is 0 Å². The van der Waals surface area contributed by atoms with E-state index in [9.17, 15) is 9.59 Å². The third-order valence-corrected chi connectivity index (χ3v) is 4.12. The van der Waals surface area contributed by atoms with E-state index in [1.54, 1.807) is 22.9 Å². The van der Waals surface area contributed by atoms with Crippen LogP contribution in [0, 0.1) is 0 Å². The van der Waals surface area contributed by atoms with Crippen LogP contribution in [0.5, 0.6) is 11.5 Å². The third kappa shape index (κ3) is 3.95. The first kappa shape index (κ1) is 18.8. The molecule has 6 nitrogen and oxygen atoms in total. The molecule has 0 spiro atoms. The molecule has 0 saturated carbocycles. The van der Waals surface area contributed by atoms with Gasteiger partial charge in [0.05, 0.1) is 25.2 Å². The molecule has 0 aliphatic heterocycles. The van der Waals surface area contributed by atoms with E-state index in [0.717, 1.165) is 19.3 Å². The molecule has 2 rings (SSSR count). The highest BCUT2D eigenvalue weighted by Gasteiger charge is 2.17. The minimum absolute atomic E-state index is 0.136. The summed E-state index contributed by atoms with van der Waals surface area (Å²) in [4.78, 5) is 25.4. The molecule has 1 N–H and O–H groups in total. The first-order valence-corrected chi connectivity index (χ1v) is 8.64. The Kier molecular flexibility index (Phi) is 6.44. The van der Waals surface area contributed by atoms with E-state index in [-0.39, 0.29) is 11.5 Å². The maximum absolute atomic E-state index is 12.8. The Morgan fingerprint density at radius 2 is 1.72 bits per heavy atom. The molecule has 1 aromatic carbocycles. The van der Waals surface area contributed by atoms with E-state index in [2.05, 4.69) is 12.2 Å². The Bertz CT molecular complexity index is 811. The second-order valence-corrected chi connectivity index (χ2v) is 5.90. The smallest absolute Gasteiger partial charge is 0.258 e. The highest BCUT2D eigenvalue weighted by Crippen LogP contribution is 2.32. The quantitative estimate of drug-likeness (QED) is 0.746. The Balaban J connectivity index is 2.66. The van der Waals surface area contributed by atoms with Crippen molar-refractivity contribution in [2.24, 2.45) is 0 Å². The number of aryl methyl sites for hydroxylation is 1. The van der Waals surface area contributed by atoms with Crippen molar-refractivity contribution >= 4 is 16.7 Å². The van der Waals surface area contributed by atoms with Gasteiger partial charge in [-0.25, -0.2) is 0 Å². The molecule has 2 aromatic rings. The molecule has 1 heterocycles. The van der Waals surface area contributed by atoms with Gasteiger partial charge < -0.3 is 19.4 Å². The third-order valence-electron chi connectivity index (χ3n) is 4.12. The average molecular weight is 346 g/mol. The summed E-state index contributed by atoms with van der Waals surface area (Å²) in [5.41, 5.74) is 0.336.